The Bertz CT molecular complexity index is 623. The van der Waals surface area contributed by atoms with Crippen molar-refractivity contribution in [2.75, 3.05) is 6.54 Å². The maximum atomic E-state index is 12.6. The van der Waals surface area contributed by atoms with E-state index in [1.54, 1.807) is 55.5 Å². The molecule has 1 amide bonds. The van der Waals surface area contributed by atoms with Gasteiger partial charge in [0.25, 0.3) is 5.91 Å². The summed E-state index contributed by atoms with van der Waals surface area (Å²) in [6.45, 7) is 1.90. The zero-order chi connectivity index (χ0) is 16.0. The number of carbonyl (C=O) groups is 1. The average molecular weight is 294 g/mol. The van der Waals surface area contributed by atoms with Gasteiger partial charge in [-0.3, -0.25) is 4.79 Å². The molecule has 0 bridgehead atoms. The van der Waals surface area contributed by atoms with Crippen LogP contribution in [0.2, 0.25) is 0 Å². The number of nitrogens with one attached hydrogen (secondary N) is 1. The zero-order valence-corrected chi connectivity index (χ0v) is 12.4. The van der Waals surface area contributed by atoms with Crippen molar-refractivity contribution >= 4 is 5.91 Å². The lowest BCUT2D eigenvalue weighted by atomic mass is 9.85. The van der Waals surface area contributed by atoms with Gasteiger partial charge in [-0.05, 0) is 18.1 Å². The number of carbonyl (C=O) groups excluding carboxylic acids is 1. The number of hydrogen-bond donors (Lipinski definition) is 2. The van der Waals surface area contributed by atoms with Gasteiger partial charge in [0, 0.05) is 6.54 Å². The molecule has 0 spiro atoms. The highest BCUT2D eigenvalue weighted by Gasteiger charge is 2.39. The molecule has 0 saturated heterocycles. The third kappa shape index (κ3) is 3.16. The number of aliphatic hydroxyl groups is 1. The second kappa shape index (κ2) is 6.88. The van der Waals surface area contributed by atoms with Gasteiger partial charge in [0.05, 0.1) is 12.0 Å². The second-order valence-corrected chi connectivity index (χ2v) is 5.18. The van der Waals surface area contributed by atoms with E-state index >= 15 is 0 Å². The summed E-state index contributed by atoms with van der Waals surface area (Å²) in [5.74, 6) is -0.855. The van der Waals surface area contributed by atoms with E-state index in [0.717, 1.165) is 0 Å². The van der Waals surface area contributed by atoms with E-state index in [1.807, 2.05) is 12.1 Å². The fourth-order valence-corrected chi connectivity index (χ4v) is 2.21. The van der Waals surface area contributed by atoms with Gasteiger partial charge >= 0.3 is 0 Å². The molecule has 0 heterocycles. The normalized spacial score (nSPS) is 12.2. The van der Waals surface area contributed by atoms with Crippen molar-refractivity contribution in [1.82, 2.24) is 5.32 Å². The summed E-state index contributed by atoms with van der Waals surface area (Å²) in [5.41, 5.74) is -0.802. The highest BCUT2D eigenvalue weighted by atomic mass is 16.3. The summed E-state index contributed by atoms with van der Waals surface area (Å²) < 4.78 is 0. The molecule has 0 saturated carbocycles. The summed E-state index contributed by atoms with van der Waals surface area (Å²) >= 11 is 0. The van der Waals surface area contributed by atoms with Crippen molar-refractivity contribution in [3.63, 3.8) is 0 Å². The van der Waals surface area contributed by atoms with E-state index in [-0.39, 0.29) is 12.5 Å². The van der Waals surface area contributed by atoms with Gasteiger partial charge in [0.2, 0.25) is 0 Å². The van der Waals surface area contributed by atoms with Crippen LogP contribution in [0.4, 0.5) is 0 Å². The first-order valence-corrected chi connectivity index (χ1v) is 7.10. The van der Waals surface area contributed by atoms with Crippen LogP contribution in [0.3, 0.4) is 0 Å². The van der Waals surface area contributed by atoms with Gasteiger partial charge in [-0.25, -0.2) is 0 Å². The number of rotatable bonds is 5. The minimum atomic E-state index is -1.78. The Morgan fingerprint density at radius 1 is 1.14 bits per heavy atom. The molecule has 2 rings (SSSR count). The first-order chi connectivity index (χ1) is 10.6. The molecular formula is C18H18N2O2. The van der Waals surface area contributed by atoms with Gasteiger partial charge in [0.15, 0.2) is 5.60 Å². The van der Waals surface area contributed by atoms with E-state index < -0.39 is 11.5 Å². The van der Waals surface area contributed by atoms with Gasteiger partial charge in [-0.15, -0.1) is 0 Å². The van der Waals surface area contributed by atoms with E-state index in [1.165, 1.54) is 0 Å². The van der Waals surface area contributed by atoms with Gasteiger partial charge in [-0.2, -0.15) is 5.26 Å². The molecule has 0 aliphatic rings. The minimum Gasteiger partial charge on any atom is -0.372 e. The molecule has 0 aliphatic carbocycles. The van der Waals surface area contributed by atoms with Crippen molar-refractivity contribution in [3.05, 3.63) is 71.8 Å². The van der Waals surface area contributed by atoms with Crippen LogP contribution >= 0.6 is 0 Å². The van der Waals surface area contributed by atoms with Crippen LogP contribution in [0, 0.1) is 17.2 Å². The topological polar surface area (TPSA) is 73.1 Å². The SMILES string of the molecule is C[C@@H](C#N)CNC(=O)C(O)(c1ccccc1)c1ccccc1. The van der Waals surface area contributed by atoms with Crippen LogP contribution < -0.4 is 5.32 Å². The standard InChI is InChI=1S/C18H18N2O2/c1-14(12-19)13-20-17(21)18(22,15-8-4-2-5-9-15)16-10-6-3-7-11-16/h2-11,14,22H,13H2,1H3,(H,20,21)/t14-/m0/s1. The zero-order valence-electron chi connectivity index (χ0n) is 12.4. The molecule has 0 aromatic heterocycles. The maximum absolute atomic E-state index is 12.6. The molecule has 2 aromatic carbocycles. The molecule has 2 N–H and O–H groups in total. The molecule has 112 valence electrons. The number of benzene rings is 2. The van der Waals surface area contributed by atoms with Crippen LogP contribution in [-0.2, 0) is 10.4 Å². The first-order valence-electron chi connectivity index (χ1n) is 7.10. The third-order valence-corrected chi connectivity index (χ3v) is 3.50. The lowest BCUT2D eigenvalue weighted by Gasteiger charge is -2.28. The van der Waals surface area contributed by atoms with E-state index in [4.69, 9.17) is 5.26 Å². The third-order valence-electron chi connectivity index (χ3n) is 3.50. The quantitative estimate of drug-likeness (QED) is 0.888. The maximum Gasteiger partial charge on any atom is 0.261 e. The highest BCUT2D eigenvalue weighted by Crippen LogP contribution is 2.29. The monoisotopic (exact) mass is 294 g/mol. The predicted octanol–water partition coefficient (Wildman–Crippen LogP) is 2.20. The number of amides is 1. The van der Waals surface area contributed by atoms with E-state index in [2.05, 4.69) is 11.4 Å². The van der Waals surface area contributed by atoms with E-state index in [0.29, 0.717) is 11.1 Å². The van der Waals surface area contributed by atoms with Crippen LogP contribution in [0.1, 0.15) is 18.1 Å². The van der Waals surface area contributed by atoms with Gasteiger partial charge in [0.1, 0.15) is 0 Å². The first kappa shape index (κ1) is 15.7. The smallest absolute Gasteiger partial charge is 0.261 e. The molecule has 0 fully saturated rings. The molecule has 22 heavy (non-hydrogen) atoms. The van der Waals surface area contributed by atoms with Gasteiger partial charge in [-0.1, -0.05) is 60.7 Å². The molecule has 0 aliphatic heterocycles. The molecule has 0 unspecified atom stereocenters. The molecule has 0 radical (unpaired) electrons. The van der Waals surface area contributed by atoms with Gasteiger partial charge < -0.3 is 10.4 Å². The molecule has 2 aromatic rings. The summed E-state index contributed by atoms with van der Waals surface area (Å²) in [7, 11) is 0. The lowest BCUT2D eigenvalue weighted by molar-refractivity contribution is -0.136. The predicted molar refractivity (Wildman–Crippen MR) is 83.7 cm³/mol. The molecule has 1 atom stereocenters. The van der Waals surface area contributed by atoms with Crippen LogP contribution in [0.15, 0.2) is 60.7 Å². The van der Waals surface area contributed by atoms with E-state index in [9.17, 15) is 9.90 Å². The Morgan fingerprint density at radius 3 is 2.00 bits per heavy atom. The van der Waals surface area contributed by atoms with Crippen molar-refractivity contribution in [2.24, 2.45) is 5.92 Å². The van der Waals surface area contributed by atoms with Crippen molar-refractivity contribution in [3.8, 4) is 6.07 Å². The van der Waals surface area contributed by atoms with Crippen molar-refractivity contribution < 1.29 is 9.90 Å². The van der Waals surface area contributed by atoms with Crippen LogP contribution in [0.5, 0.6) is 0 Å². The molecular weight excluding hydrogens is 276 g/mol. The minimum absolute atomic E-state index is 0.192. The van der Waals surface area contributed by atoms with Crippen LogP contribution in [-0.4, -0.2) is 17.6 Å². The largest absolute Gasteiger partial charge is 0.372 e. The summed E-state index contributed by atoms with van der Waals surface area (Å²) in [4.78, 5) is 12.6. The lowest BCUT2D eigenvalue weighted by Crippen LogP contribution is -2.46. The molecule has 4 heteroatoms. The van der Waals surface area contributed by atoms with Crippen molar-refractivity contribution in [2.45, 2.75) is 12.5 Å². The fraction of sp³-hybridized carbons (Fsp3) is 0.222. The summed E-state index contributed by atoms with van der Waals surface area (Å²) in [5, 5.41) is 22.6. The Labute approximate surface area is 130 Å². The average Bonchev–Trinajstić information content (AvgIpc) is 2.60. The number of nitrogens with zero attached hydrogens (tertiary/aromatic N) is 1. The Hall–Kier alpha value is -2.64. The fourth-order valence-electron chi connectivity index (χ4n) is 2.21. The highest BCUT2D eigenvalue weighted by molar-refractivity contribution is 5.90. The Balaban J connectivity index is 2.39. The summed E-state index contributed by atoms with van der Waals surface area (Å²) in [6.07, 6.45) is 0. The Morgan fingerprint density at radius 2 is 1.59 bits per heavy atom. The number of nitriles is 1. The second-order valence-electron chi connectivity index (χ2n) is 5.18. The Kier molecular flexibility index (Phi) is 4.92. The number of hydrogen-bond acceptors (Lipinski definition) is 3. The van der Waals surface area contributed by atoms with Crippen molar-refractivity contribution in [1.29, 1.82) is 5.26 Å². The molecule has 4 nitrogen and oxygen atoms in total. The van der Waals surface area contributed by atoms with Crippen LogP contribution in [0.25, 0.3) is 0 Å². The summed E-state index contributed by atoms with van der Waals surface area (Å²) in [6, 6.07) is 19.6.